The number of esters is 1. The third-order valence-electron chi connectivity index (χ3n) is 3.68. The quantitative estimate of drug-likeness (QED) is 0.627. The van der Waals surface area contributed by atoms with Gasteiger partial charge < -0.3 is 9.47 Å². The molecule has 1 aliphatic rings. The van der Waals surface area contributed by atoms with Crippen LogP contribution in [0.1, 0.15) is 24.8 Å². The summed E-state index contributed by atoms with van der Waals surface area (Å²) < 4.78 is 9.85. The third kappa shape index (κ3) is 2.74. The van der Waals surface area contributed by atoms with Crippen LogP contribution in [-0.2, 0) is 14.3 Å². The lowest BCUT2D eigenvalue weighted by molar-refractivity contribution is -0.149. The molecule has 106 valence electrons. The first-order chi connectivity index (χ1) is 9.56. The summed E-state index contributed by atoms with van der Waals surface area (Å²) >= 11 is 0. The number of hydrogen-bond donors (Lipinski definition) is 0. The predicted molar refractivity (Wildman–Crippen MR) is 74.6 cm³/mol. The van der Waals surface area contributed by atoms with E-state index in [4.69, 9.17) is 9.47 Å². The van der Waals surface area contributed by atoms with Crippen molar-refractivity contribution in [3.8, 4) is 5.75 Å². The first-order valence-electron chi connectivity index (χ1n) is 6.51. The summed E-state index contributed by atoms with van der Waals surface area (Å²) in [5.74, 6) is -0.465. The summed E-state index contributed by atoms with van der Waals surface area (Å²) in [5, 5.41) is 0. The van der Waals surface area contributed by atoms with Crippen LogP contribution in [0.15, 0.2) is 35.9 Å². The predicted octanol–water partition coefficient (Wildman–Crippen LogP) is 2.49. The molecule has 20 heavy (non-hydrogen) atoms. The minimum Gasteiger partial charge on any atom is -0.497 e. The molecule has 1 unspecified atom stereocenters. The van der Waals surface area contributed by atoms with Gasteiger partial charge in [-0.1, -0.05) is 18.2 Å². The van der Waals surface area contributed by atoms with Gasteiger partial charge >= 0.3 is 5.97 Å². The van der Waals surface area contributed by atoms with Gasteiger partial charge in [-0.05, 0) is 36.6 Å². The number of ether oxygens (including phenoxy) is 2. The van der Waals surface area contributed by atoms with Gasteiger partial charge in [0.25, 0.3) is 0 Å². The minimum atomic E-state index is -0.697. The first kappa shape index (κ1) is 14.3. The van der Waals surface area contributed by atoms with Crippen molar-refractivity contribution in [3.63, 3.8) is 0 Å². The SMILES string of the molecule is COC(=O)C1C[C@H](c2ccc(OC)cc2)C=C(C)C1=O. The van der Waals surface area contributed by atoms with Gasteiger partial charge in [-0.2, -0.15) is 0 Å². The summed E-state index contributed by atoms with van der Waals surface area (Å²) in [6.45, 7) is 1.74. The van der Waals surface area contributed by atoms with Crippen LogP contribution in [0.2, 0.25) is 0 Å². The summed E-state index contributed by atoms with van der Waals surface area (Å²) in [6, 6.07) is 7.67. The summed E-state index contributed by atoms with van der Waals surface area (Å²) in [5.41, 5.74) is 1.68. The fraction of sp³-hybridized carbons (Fsp3) is 0.375. The van der Waals surface area contributed by atoms with Crippen LogP contribution >= 0.6 is 0 Å². The Morgan fingerprint density at radius 2 is 1.85 bits per heavy atom. The number of hydrogen-bond acceptors (Lipinski definition) is 4. The Morgan fingerprint density at radius 1 is 1.20 bits per heavy atom. The summed E-state index contributed by atoms with van der Waals surface area (Å²) in [7, 11) is 2.93. The van der Waals surface area contributed by atoms with E-state index in [1.807, 2.05) is 30.3 Å². The molecule has 0 radical (unpaired) electrons. The Hall–Kier alpha value is -2.10. The van der Waals surface area contributed by atoms with Gasteiger partial charge in [-0.3, -0.25) is 9.59 Å². The van der Waals surface area contributed by atoms with Crippen LogP contribution in [0, 0.1) is 5.92 Å². The van der Waals surface area contributed by atoms with Crippen molar-refractivity contribution in [1.29, 1.82) is 0 Å². The topological polar surface area (TPSA) is 52.6 Å². The van der Waals surface area contributed by atoms with Crippen molar-refractivity contribution < 1.29 is 19.1 Å². The first-order valence-corrected chi connectivity index (χ1v) is 6.51. The second-order valence-corrected chi connectivity index (χ2v) is 4.91. The molecule has 0 N–H and O–H groups in total. The zero-order chi connectivity index (χ0) is 14.7. The third-order valence-corrected chi connectivity index (χ3v) is 3.68. The molecule has 0 saturated heterocycles. The van der Waals surface area contributed by atoms with E-state index < -0.39 is 11.9 Å². The Balaban J connectivity index is 2.27. The number of rotatable bonds is 3. The zero-order valence-electron chi connectivity index (χ0n) is 11.9. The highest BCUT2D eigenvalue weighted by molar-refractivity contribution is 6.08. The molecule has 0 aromatic heterocycles. The van der Waals surface area contributed by atoms with Crippen molar-refractivity contribution >= 4 is 11.8 Å². The number of carbonyl (C=O) groups excluding carboxylic acids is 2. The van der Waals surface area contributed by atoms with E-state index >= 15 is 0 Å². The Kier molecular flexibility index (Phi) is 4.23. The van der Waals surface area contributed by atoms with Gasteiger partial charge in [0.1, 0.15) is 11.7 Å². The number of methoxy groups -OCH3 is 2. The number of benzene rings is 1. The monoisotopic (exact) mass is 274 g/mol. The fourth-order valence-corrected chi connectivity index (χ4v) is 2.52. The van der Waals surface area contributed by atoms with Crippen LogP contribution in [-0.4, -0.2) is 26.0 Å². The normalized spacial score (nSPS) is 22.1. The Labute approximate surface area is 118 Å². The molecule has 1 aromatic rings. The number of carbonyl (C=O) groups is 2. The standard InChI is InChI=1S/C16H18O4/c1-10-8-12(9-14(15(10)17)16(18)20-3)11-4-6-13(19-2)7-5-11/h4-8,12,14H,9H2,1-3H3/t12-,14?/m1/s1. The fourth-order valence-electron chi connectivity index (χ4n) is 2.52. The van der Waals surface area contributed by atoms with Crippen LogP contribution in [0.4, 0.5) is 0 Å². The van der Waals surface area contributed by atoms with E-state index in [0.29, 0.717) is 12.0 Å². The number of Topliss-reactive ketones (excluding diaryl/α,β-unsaturated/α-hetero) is 1. The summed E-state index contributed by atoms with van der Waals surface area (Å²) in [4.78, 5) is 23.7. The highest BCUT2D eigenvalue weighted by Gasteiger charge is 2.34. The molecular weight excluding hydrogens is 256 g/mol. The summed E-state index contributed by atoms with van der Waals surface area (Å²) in [6.07, 6.45) is 2.37. The van der Waals surface area contributed by atoms with Gasteiger partial charge in [0.2, 0.25) is 0 Å². The van der Waals surface area contributed by atoms with E-state index in [2.05, 4.69) is 0 Å². The smallest absolute Gasteiger partial charge is 0.316 e. The molecular formula is C16H18O4. The molecule has 1 aliphatic carbocycles. The molecule has 0 fully saturated rings. The number of ketones is 1. The van der Waals surface area contributed by atoms with Gasteiger partial charge in [-0.15, -0.1) is 0 Å². The lowest BCUT2D eigenvalue weighted by Crippen LogP contribution is -2.30. The molecule has 0 aliphatic heterocycles. The van der Waals surface area contributed by atoms with E-state index in [-0.39, 0.29) is 11.7 Å². The van der Waals surface area contributed by atoms with Crippen LogP contribution in [0.3, 0.4) is 0 Å². The molecule has 4 nitrogen and oxygen atoms in total. The maximum Gasteiger partial charge on any atom is 0.316 e. The maximum absolute atomic E-state index is 12.0. The highest BCUT2D eigenvalue weighted by atomic mass is 16.5. The van der Waals surface area contributed by atoms with E-state index in [9.17, 15) is 9.59 Å². The lowest BCUT2D eigenvalue weighted by atomic mass is 9.79. The van der Waals surface area contributed by atoms with Crippen molar-refractivity contribution in [2.24, 2.45) is 5.92 Å². The van der Waals surface area contributed by atoms with Gasteiger partial charge in [0.05, 0.1) is 14.2 Å². The maximum atomic E-state index is 12.0. The van der Waals surface area contributed by atoms with Crippen molar-refractivity contribution in [1.82, 2.24) is 0 Å². The minimum absolute atomic E-state index is 0.0442. The zero-order valence-corrected chi connectivity index (χ0v) is 11.9. The van der Waals surface area contributed by atoms with Gasteiger partial charge in [-0.25, -0.2) is 0 Å². The molecule has 0 heterocycles. The van der Waals surface area contributed by atoms with Crippen LogP contribution in [0.25, 0.3) is 0 Å². The van der Waals surface area contributed by atoms with E-state index in [0.717, 1.165) is 11.3 Å². The molecule has 0 saturated carbocycles. The molecule has 1 aromatic carbocycles. The average Bonchev–Trinajstić information content (AvgIpc) is 2.49. The Bertz CT molecular complexity index is 542. The Morgan fingerprint density at radius 3 is 2.40 bits per heavy atom. The lowest BCUT2D eigenvalue weighted by Gasteiger charge is -2.25. The molecule has 4 heteroatoms. The molecule has 0 spiro atoms. The average molecular weight is 274 g/mol. The second kappa shape index (κ2) is 5.90. The van der Waals surface area contributed by atoms with E-state index in [1.165, 1.54) is 7.11 Å². The van der Waals surface area contributed by atoms with Crippen LogP contribution < -0.4 is 4.74 Å². The van der Waals surface area contributed by atoms with Gasteiger partial charge in [0.15, 0.2) is 5.78 Å². The number of allylic oxidation sites excluding steroid dienone is 2. The van der Waals surface area contributed by atoms with Crippen molar-refractivity contribution in [2.75, 3.05) is 14.2 Å². The molecule has 0 bridgehead atoms. The van der Waals surface area contributed by atoms with Crippen LogP contribution in [0.5, 0.6) is 5.75 Å². The largest absolute Gasteiger partial charge is 0.497 e. The second-order valence-electron chi connectivity index (χ2n) is 4.91. The molecule has 2 atom stereocenters. The van der Waals surface area contributed by atoms with Crippen molar-refractivity contribution in [2.45, 2.75) is 19.3 Å². The highest BCUT2D eigenvalue weighted by Crippen LogP contribution is 2.34. The van der Waals surface area contributed by atoms with E-state index in [1.54, 1.807) is 14.0 Å². The van der Waals surface area contributed by atoms with Gasteiger partial charge in [0, 0.05) is 5.92 Å². The van der Waals surface area contributed by atoms with Crippen molar-refractivity contribution in [3.05, 3.63) is 41.5 Å². The molecule has 0 amide bonds. The molecule has 2 rings (SSSR count).